The number of hydrogen-bond donors (Lipinski definition) is 1. The summed E-state index contributed by atoms with van der Waals surface area (Å²) in [7, 11) is 1.65. The topological polar surface area (TPSA) is 67.6 Å². The minimum atomic E-state index is -0.805. The maximum Gasteiger partial charge on any atom is 0.320 e. The fourth-order valence-electron chi connectivity index (χ4n) is 2.22. The molecule has 2 heterocycles. The first-order chi connectivity index (χ1) is 8.13. The van der Waals surface area contributed by atoms with Gasteiger partial charge in [0, 0.05) is 32.6 Å². The maximum atomic E-state index is 11.0. The van der Waals surface area contributed by atoms with Gasteiger partial charge in [0.05, 0.1) is 12.1 Å². The second-order valence-electron chi connectivity index (χ2n) is 4.30. The lowest BCUT2D eigenvalue weighted by molar-refractivity contribution is -0.142. The molecule has 0 aromatic carbocycles. The third kappa shape index (κ3) is 2.32. The van der Waals surface area contributed by atoms with E-state index in [1.165, 1.54) is 0 Å². The number of aromatic nitrogens is 2. The van der Waals surface area contributed by atoms with Crippen LogP contribution in [0, 0.1) is 0 Å². The SMILES string of the molecule is COC1CN(C(C)C(=O)O)CC1n1cccn1. The van der Waals surface area contributed by atoms with E-state index in [1.54, 1.807) is 20.2 Å². The number of rotatable bonds is 4. The Kier molecular flexibility index (Phi) is 3.44. The lowest BCUT2D eigenvalue weighted by Crippen LogP contribution is -2.37. The first-order valence-corrected chi connectivity index (χ1v) is 5.62. The summed E-state index contributed by atoms with van der Waals surface area (Å²) < 4.78 is 7.25. The van der Waals surface area contributed by atoms with E-state index in [0.717, 1.165) is 0 Å². The summed E-state index contributed by atoms with van der Waals surface area (Å²) in [6.07, 6.45) is 3.58. The van der Waals surface area contributed by atoms with Crippen molar-refractivity contribution >= 4 is 5.97 Å². The van der Waals surface area contributed by atoms with Crippen LogP contribution in [0.25, 0.3) is 0 Å². The van der Waals surface area contributed by atoms with E-state index in [1.807, 2.05) is 21.8 Å². The summed E-state index contributed by atoms with van der Waals surface area (Å²) in [5.41, 5.74) is 0. The van der Waals surface area contributed by atoms with Gasteiger partial charge in [0.15, 0.2) is 0 Å². The Morgan fingerprint density at radius 2 is 2.35 bits per heavy atom. The lowest BCUT2D eigenvalue weighted by Gasteiger charge is -2.19. The average molecular weight is 239 g/mol. The van der Waals surface area contributed by atoms with Gasteiger partial charge in [-0.05, 0) is 13.0 Å². The molecule has 1 saturated heterocycles. The van der Waals surface area contributed by atoms with Crippen LogP contribution in [0.1, 0.15) is 13.0 Å². The second kappa shape index (κ2) is 4.85. The minimum Gasteiger partial charge on any atom is -0.480 e. The number of aliphatic carboxylic acids is 1. The minimum absolute atomic E-state index is 0.0169. The van der Waals surface area contributed by atoms with Crippen LogP contribution in [0.3, 0.4) is 0 Å². The van der Waals surface area contributed by atoms with E-state index in [9.17, 15) is 4.79 Å². The number of methoxy groups -OCH3 is 1. The monoisotopic (exact) mass is 239 g/mol. The van der Waals surface area contributed by atoms with E-state index < -0.39 is 12.0 Å². The highest BCUT2D eigenvalue weighted by Crippen LogP contribution is 2.25. The van der Waals surface area contributed by atoms with Crippen LogP contribution < -0.4 is 0 Å². The zero-order chi connectivity index (χ0) is 12.4. The quantitative estimate of drug-likeness (QED) is 0.814. The van der Waals surface area contributed by atoms with Crippen molar-refractivity contribution in [3.05, 3.63) is 18.5 Å². The standard InChI is InChI=1S/C11H17N3O3/c1-8(11(15)16)13-6-9(10(7-13)17-2)14-5-3-4-12-14/h3-5,8-10H,6-7H2,1-2H3,(H,15,16). The first kappa shape index (κ1) is 12.1. The molecular weight excluding hydrogens is 222 g/mol. The van der Waals surface area contributed by atoms with Crippen molar-refractivity contribution in [2.24, 2.45) is 0 Å². The fraction of sp³-hybridized carbons (Fsp3) is 0.636. The van der Waals surface area contributed by atoms with Crippen molar-refractivity contribution in [2.45, 2.75) is 25.1 Å². The molecule has 6 nitrogen and oxygen atoms in total. The number of likely N-dealkylation sites (tertiary alicyclic amines) is 1. The molecule has 17 heavy (non-hydrogen) atoms. The molecule has 2 rings (SSSR count). The van der Waals surface area contributed by atoms with E-state index in [2.05, 4.69) is 5.10 Å². The summed E-state index contributed by atoms with van der Waals surface area (Å²) in [6, 6.07) is 1.45. The smallest absolute Gasteiger partial charge is 0.320 e. The molecule has 0 saturated carbocycles. The van der Waals surface area contributed by atoms with Crippen LogP contribution in [-0.2, 0) is 9.53 Å². The zero-order valence-corrected chi connectivity index (χ0v) is 9.98. The third-order valence-corrected chi connectivity index (χ3v) is 3.34. The molecular formula is C11H17N3O3. The van der Waals surface area contributed by atoms with Crippen molar-refractivity contribution in [3.63, 3.8) is 0 Å². The maximum absolute atomic E-state index is 11.0. The van der Waals surface area contributed by atoms with Crippen LogP contribution in [0.2, 0.25) is 0 Å². The van der Waals surface area contributed by atoms with Gasteiger partial charge in [0.1, 0.15) is 6.04 Å². The van der Waals surface area contributed by atoms with Gasteiger partial charge in [0.25, 0.3) is 0 Å². The van der Waals surface area contributed by atoms with E-state index in [4.69, 9.17) is 9.84 Å². The molecule has 0 bridgehead atoms. The average Bonchev–Trinajstić information content (AvgIpc) is 2.95. The van der Waals surface area contributed by atoms with Crippen LogP contribution in [-0.4, -0.2) is 58.1 Å². The highest BCUT2D eigenvalue weighted by molar-refractivity contribution is 5.72. The van der Waals surface area contributed by atoms with E-state index in [-0.39, 0.29) is 12.1 Å². The van der Waals surface area contributed by atoms with Gasteiger partial charge < -0.3 is 9.84 Å². The Labute approximate surface area is 99.8 Å². The number of carboxylic acids is 1. The first-order valence-electron chi connectivity index (χ1n) is 5.62. The molecule has 1 aromatic heterocycles. The van der Waals surface area contributed by atoms with Gasteiger partial charge in [-0.1, -0.05) is 0 Å². The Morgan fingerprint density at radius 1 is 1.59 bits per heavy atom. The molecule has 1 aromatic rings. The van der Waals surface area contributed by atoms with Crippen molar-refractivity contribution in [2.75, 3.05) is 20.2 Å². The predicted molar refractivity (Wildman–Crippen MR) is 60.7 cm³/mol. The number of carbonyl (C=O) groups is 1. The summed E-state index contributed by atoms with van der Waals surface area (Å²) in [4.78, 5) is 12.9. The molecule has 0 radical (unpaired) electrons. The third-order valence-electron chi connectivity index (χ3n) is 3.34. The molecule has 0 amide bonds. The van der Waals surface area contributed by atoms with Gasteiger partial charge in [-0.15, -0.1) is 0 Å². The summed E-state index contributed by atoms with van der Waals surface area (Å²) in [5.74, 6) is -0.805. The van der Waals surface area contributed by atoms with Crippen molar-refractivity contribution in [1.82, 2.24) is 14.7 Å². The number of nitrogens with zero attached hydrogens (tertiary/aromatic N) is 3. The Balaban J connectivity index is 2.11. The number of hydrogen-bond acceptors (Lipinski definition) is 4. The molecule has 1 aliphatic heterocycles. The Morgan fingerprint density at radius 3 is 2.88 bits per heavy atom. The van der Waals surface area contributed by atoms with Gasteiger partial charge in [-0.25, -0.2) is 0 Å². The summed E-state index contributed by atoms with van der Waals surface area (Å²) >= 11 is 0. The molecule has 3 unspecified atom stereocenters. The Bertz CT molecular complexity index is 379. The van der Waals surface area contributed by atoms with Crippen LogP contribution in [0.15, 0.2) is 18.5 Å². The molecule has 1 N–H and O–H groups in total. The summed E-state index contributed by atoms with van der Waals surface area (Å²) in [6.45, 7) is 2.96. The van der Waals surface area contributed by atoms with Gasteiger partial charge in [-0.3, -0.25) is 14.4 Å². The molecule has 0 aliphatic carbocycles. The number of ether oxygens (including phenoxy) is 1. The Hall–Kier alpha value is -1.40. The largest absolute Gasteiger partial charge is 0.480 e. The van der Waals surface area contributed by atoms with Crippen molar-refractivity contribution < 1.29 is 14.6 Å². The van der Waals surface area contributed by atoms with Crippen LogP contribution in [0.4, 0.5) is 0 Å². The molecule has 6 heteroatoms. The highest BCUT2D eigenvalue weighted by atomic mass is 16.5. The molecule has 1 fully saturated rings. The molecule has 0 spiro atoms. The van der Waals surface area contributed by atoms with E-state index in [0.29, 0.717) is 13.1 Å². The van der Waals surface area contributed by atoms with Crippen molar-refractivity contribution in [1.29, 1.82) is 0 Å². The second-order valence-corrected chi connectivity index (χ2v) is 4.30. The van der Waals surface area contributed by atoms with Crippen LogP contribution in [0.5, 0.6) is 0 Å². The molecule has 1 aliphatic rings. The van der Waals surface area contributed by atoms with Crippen LogP contribution >= 0.6 is 0 Å². The van der Waals surface area contributed by atoms with Gasteiger partial charge >= 0.3 is 5.97 Å². The van der Waals surface area contributed by atoms with Crippen molar-refractivity contribution in [3.8, 4) is 0 Å². The summed E-state index contributed by atoms with van der Waals surface area (Å²) in [5, 5.41) is 13.2. The number of carboxylic acid groups (broad SMARTS) is 1. The zero-order valence-electron chi connectivity index (χ0n) is 9.98. The van der Waals surface area contributed by atoms with Gasteiger partial charge in [-0.2, -0.15) is 5.10 Å². The lowest BCUT2D eigenvalue weighted by atomic mass is 10.2. The fourth-order valence-corrected chi connectivity index (χ4v) is 2.22. The highest BCUT2D eigenvalue weighted by Gasteiger charge is 2.38. The predicted octanol–water partition coefficient (Wildman–Crippen LogP) is 0.228. The van der Waals surface area contributed by atoms with Gasteiger partial charge in [0.2, 0.25) is 0 Å². The van der Waals surface area contributed by atoms with E-state index >= 15 is 0 Å². The molecule has 94 valence electrons. The molecule has 3 atom stereocenters. The normalized spacial score (nSPS) is 27.2.